The highest BCUT2D eigenvalue weighted by Gasteiger charge is 2.24. The van der Waals surface area contributed by atoms with Crippen LogP contribution in [0, 0.1) is 0 Å². The van der Waals surface area contributed by atoms with Crippen LogP contribution in [-0.4, -0.2) is 31.1 Å². The van der Waals surface area contributed by atoms with Crippen molar-refractivity contribution in [2.75, 3.05) is 13.2 Å². The first-order valence-electron chi connectivity index (χ1n) is 3.65. The van der Waals surface area contributed by atoms with E-state index >= 15 is 0 Å². The van der Waals surface area contributed by atoms with Gasteiger partial charge in [0.05, 0.1) is 6.61 Å². The van der Waals surface area contributed by atoms with Crippen LogP contribution in [0.25, 0.3) is 0 Å². The fraction of sp³-hybridized carbons (Fsp3) is 0.500. The van der Waals surface area contributed by atoms with E-state index in [2.05, 4.69) is 6.58 Å². The molecule has 0 aromatic heterocycles. The highest BCUT2D eigenvalue weighted by molar-refractivity contribution is 6.01. The van der Waals surface area contributed by atoms with Gasteiger partial charge in [-0.25, -0.2) is 0 Å². The van der Waals surface area contributed by atoms with Crippen molar-refractivity contribution in [3.05, 3.63) is 12.7 Å². The molecule has 1 heterocycles. The van der Waals surface area contributed by atoms with Crippen molar-refractivity contribution >= 4 is 11.8 Å². The second-order valence-corrected chi connectivity index (χ2v) is 2.49. The van der Waals surface area contributed by atoms with Gasteiger partial charge in [0.1, 0.15) is 19.1 Å². The Kier molecular flexibility index (Phi) is 2.99. The molecule has 0 N–H and O–H groups in total. The van der Waals surface area contributed by atoms with Crippen LogP contribution in [-0.2, 0) is 19.1 Å². The largest absolute Gasteiger partial charge is 0.462 e. The number of allylic oxidation sites excluding steroid dienone is 1. The number of esters is 1. The number of ether oxygens (including phenoxy) is 2. The number of rotatable bonds is 5. The van der Waals surface area contributed by atoms with Gasteiger partial charge in [-0.3, -0.25) is 9.59 Å². The number of hydrogen-bond donors (Lipinski definition) is 0. The molecule has 1 aliphatic rings. The molecule has 1 unspecified atom stereocenters. The zero-order valence-electron chi connectivity index (χ0n) is 6.62. The molecule has 0 spiro atoms. The van der Waals surface area contributed by atoms with Crippen LogP contribution in [0.15, 0.2) is 12.7 Å². The monoisotopic (exact) mass is 170 g/mol. The molecule has 0 amide bonds. The Morgan fingerprint density at radius 3 is 2.83 bits per heavy atom. The minimum atomic E-state index is -0.518. The van der Waals surface area contributed by atoms with E-state index in [1.165, 1.54) is 0 Å². The Morgan fingerprint density at radius 2 is 2.33 bits per heavy atom. The van der Waals surface area contributed by atoms with Crippen LogP contribution in [0.2, 0.25) is 0 Å². The van der Waals surface area contributed by atoms with Crippen LogP contribution in [0.3, 0.4) is 0 Å². The summed E-state index contributed by atoms with van der Waals surface area (Å²) in [5.41, 5.74) is 0. The normalized spacial score (nSPS) is 19.8. The molecule has 0 aliphatic carbocycles. The van der Waals surface area contributed by atoms with Gasteiger partial charge >= 0.3 is 5.97 Å². The van der Waals surface area contributed by atoms with Gasteiger partial charge in [0.25, 0.3) is 0 Å². The number of ketones is 1. The fourth-order valence-corrected chi connectivity index (χ4v) is 0.616. The maximum Gasteiger partial charge on any atom is 0.313 e. The lowest BCUT2D eigenvalue weighted by atomic mass is 10.3. The predicted molar refractivity (Wildman–Crippen MR) is 40.5 cm³/mol. The van der Waals surface area contributed by atoms with E-state index in [4.69, 9.17) is 9.47 Å². The number of carbonyl (C=O) groups is 2. The molecule has 0 radical (unpaired) electrons. The quantitative estimate of drug-likeness (QED) is 0.253. The molecule has 0 bridgehead atoms. The zero-order valence-corrected chi connectivity index (χ0v) is 6.62. The van der Waals surface area contributed by atoms with Gasteiger partial charge in [0.2, 0.25) is 0 Å². The summed E-state index contributed by atoms with van der Waals surface area (Å²) in [5.74, 6) is -0.841. The molecule has 66 valence electrons. The summed E-state index contributed by atoms with van der Waals surface area (Å²) >= 11 is 0. The van der Waals surface area contributed by atoms with Crippen LogP contribution in [0.4, 0.5) is 0 Å². The highest BCUT2D eigenvalue weighted by atomic mass is 16.6. The summed E-state index contributed by atoms with van der Waals surface area (Å²) in [6.07, 6.45) is 0.929. The molecule has 0 aromatic rings. The summed E-state index contributed by atoms with van der Waals surface area (Å²) in [7, 11) is 0. The van der Waals surface area contributed by atoms with Gasteiger partial charge < -0.3 is 9.47 Å². The molecule has 12 heavy (non-hydrogen) atoms. The standard InChI is InChI=1S/C8H10O4/c1-2-6(9)3-8(10)12-5-7-4-11-7/h2,7H,1,3-5H2. The fourth-order valence-electron chi connectivity index (χ4n) is 0.616. The average molecular weight is 170 g/mol. The number of carbonyl (C=O) groups excluding carboxylic acids is 2. The lowest BCUT2D eigenvalue weighted by Gasteiger charge is -1.99. The molecule has 1 fully saturated rings. The third kappa shape index (κ3) is 3.30. The SMILES string of the molecule is C=CC(=O)CC(=O)OCC1CO1. The van der Waals surface area contributed by atoms with Gasteiger partial charge in [-0.15, -0.1) is 0 Å². The van der Waals surface area contributed by atoms with Crippen molar-refractivity contribution in [3.8, 4) is 0 Å². The smallest absolute Gasteiger partial charge is 0.313 e. The molecule has 0 saturated carbocycles. The molecule has 4 heteroatoms. The first-order chi connectivity index (χ1) is 5.72. The summed E-state index contributed by atoms with van der Waals surface area (Å²) in [6.45, 7) is 4.13. The Labute approximate surface area is 70.1 Å². The van der Waals surface area contributed by atoms with E-state index in [1.807, 2.05) is 0 Å². The van der Waals surface area contributed by atoms with E-state index in [0.29, 0.717) is 6.61 Å². The van der Waals surface area contributed by atoms with Crippen LogP contribution >= 0.6 is 0 Å². The number of epoxide rings is 1. The van der Waals surface area contributed by atoms with Gasteiger partial charge in [0, 0.05) is 0 Å². The van der Waals surface area contributed by atoms with Crippen molar-refractivity contribution in [1.29, 1.82) is 0 Å². The van der Waals surface area contributed by atoms with Gasteiger partial charge in [-0.2, -0.15) is 0 Å². The average Bonchev–Trinajstić information content (AvgIpc) is 2.83. The van der Waals surface area contributed by atoms with E-state index in [-0.39, 0.29) is 24.9 Å². The molecule has 1 atom stereocenters. The third-order valence-corrected chi connectivity index (χ3v) is 1.38. The zero-order chi connectivity index (χ0) is 8.97. The maximum atomic E-state index is 10.8. The van der Waals surface area contributed by atoms with E-state index in [0.717, 1.165) is 6.08 Å². The molecular weight excluding hydrogens is 160 g/mol. The van der Waals surface area contributed by atoms with Gasteiger partial charge in [0.15, 0.2) is 5.78 Å². The Bertz CT molecular complexity index is 205. The minimum absolute atomic E-state index is 0.0489. The first-order valence-corrected chi connectivity index (χ1v) is 3.65. The Balaban J connectivity index is 2.09. The maximum absolute atomic E-state index is 10.8. The summed E-state index contributed by atoms with van der Waals surface area (Å²) in [4.78, 5) is 21.4. The minimum Gasteiger partial charge on any atom is -0.462 e. The Hall–Kier alpha value is -1.16. The van der Waals surface area contributed by atoms with Crippen molar-refractivity contribution in [3.63, 3.8) is 0 Å². The van der Waals surface area contributed by atoms with Crippen LogP contribution in [0.5, 0.6) is 0 Å². The van der Waals surface area contributed by atoms with Crippen LogP contribution in [0.1, 0.15) is 6.42 Å². The van der Waals surface area contributed by atoms with E-state index in [1.54, 1.807) is 0 Å². The molecule has 1 saturated heterocycles. The highest BCUT2D eigenvalue weighted by Crippen LogP contribution is 2.08. The van der Waals surface area contributed by atoms with E-state index in [9.17, 15) is 9.59 Å². The second-order valence-electron chi connectivity index (χ2n) is 2.49. The summed E-state index contributed by atoms with van der Waals surface area (Å²) in [6, 6.07) is 0. The molecule has 0 aromatic carbocycles. The van der Waals surface area contributed by atoms with Crippen molar-refractivity contribution in [2.45, 2.75) is 12.5 Å². The topological polar surface area (TPSA) is 55.9 Å². The molecule has 1 aliphatic heterocycles. The third-order valence-electron chi connectivity index (χ3n) is 1.38. The number of hydrogen-bond acceptors (Lipinski definition) is 4. The molecular formula is C8H10O4. The van der Waals surface area contributed by atoms with Crippen molar-refractivity contribution < 1.29 is 19.1 Å². The molecule has 1 rings (SSSR count). The van der Waals surface area contributed by atoms with E-state index < -0.39 is 5.97 Å². The lowest BCUT2D eigenvalue weighted by molar-refractivity contribution is -0.145. The lowest BCUT2D eigenvalue weighted by Crippen LogP contribution is -2.12. The van der Waals surface area contributed by atoms with Gasteiger partial charge in [-0.1, -0.05) is 6.58 Å². The molecule has 4 nitrogen and oxygen atoms in total. The first kappa shape index (κ1) is 8.93. The Morgan fingerprint density at radius 1 is 1.67 bits per heavy atom. The van der Waals surface area contributed by atoms with Crippen molar-refractivity contribution in [2.24, 2.45) is 0 Å². The predicted octanol–water partition coefficient (Wildman–Crippen LogP) is 0.0736. The summed E-state index contributed by atoms with van der Waals surface area (Å²) < 4.78 is 9.51. The van der Waals surface area contributed by atoms with Crippen LogP contribution < -0.4 is 0 Å². The van der Waals surface area contributed by atoms with Crippen molar-refractivity contribution in [1.82, 2.24) is 0 Å². The second kappa shape index (κ2) is 4.01. The summed E-state index contributed by atoms with van der Waals surface area (Å²) in [5, 5.41) is 0. The van der Waals surface area contributed by atoms with Gasteiger partial charge in [-0.05, 0) is 6.08 Å².